The Labute approximate surface area is 110 Å². The largest absolute Gasteiger partial charge is 0.336 e. The van der Waals surface area contributed by atoms with Crippen LogP contribution < -0.4 is 5.56 Å². The van der Waals surface area contributed by atoms with Gasteiger partial charge in [-0.3, -0.25) is 4.79 Å². The lowest BCUT2D eigenvalue weighted by Gasteiger charge is -2.07. The summed E-state index contributed by atoms with van der Waals surface area (Å²) < 4.78 is 1.98. The standard InChI is InChI=1S/C15H15N3O/c1-3-10-4-5-13(19)17-14(10)12-8-11-6-7-18(2)15(11)16-9-12/h4-9H,3H2,1-2H3,(H,17,19). The van der Waals surface area contributed by atoms with E-state index in [4.69, 9.17) is 0 Å². The van der Waals surface area contributed by atoms with Gasteiger partial charge >= 0.3 is 0 Å². The third-order valence-corrected chi connectivity index (χ3v) is 3.38. The number of H-pyrrole nitrogens is 1. The summed E-state index contributed by atoms with van der Waals surface area (Å²) in [4.78, 5) is 18.9. The van der Waals surface area contributed by atoms with Crippen molar-refractivity contribution in [1.82, 2.24) is 14.5 Å². The first-order chi connectivity index (χ1) is 9.19. The third-order valence-electron chi connectivity index (χ3n) is 3.38. The van der Waals surface area contributed by atoms with Gasteiger partial charge in [-0.25, -0.2) is 4.98 Å². The maximum absolute atomic E-state index is 11.5. The lowest BCUT2D eigenvalue weighted by Crippen LogP contribution is -2.07. The average molecular weight is 253 g/mol. The van der Waals surface area contributed by atoms with Gasteiger partial charge in [-0.15, -0.1) is 0 Å². The molecule has 0 aromatic carbocycles. The van der Waals surface area contributed by atoms with E-state index in [1.165, 1.54) is 0 Å². The summed E-state index contributed by atoms with van der Waals surface area (Å²) in [6, 6.07) is 7.53. The summed E-state index contributed by atoms with van der Waals surface area (Å²) in [5, 5.41) is 1.08. The molecule has 4 heteroatoms. The minimum atomic E-state index is -0.0830. The van der Waals surface area contributed by atoms with Gasteiger partial charge in [0.15, 0.2) is 0 Å². The number of aryl methyl sites for hydroxylation is 2. The van der Waals surface area contributed by atoms with E-state index in [9.17, 15) is 4.79 Å². The molecule has 0 bridgehead atoms. The molecule has 0 aliphatic rings. The fourth-order valence-corrected chi connectivity index (χ4v) is 2.35. The van der Waals surface area contributed by atoms with Crippen molar-refractivity contribution in [3.05, 3.63) is 52.6 Å². The van der Waals surface area contributed by atoms with Crippen LogP contribution in [0, 0.1) is 0 Å². The highest BCUT2D eigenvalue weighted by molar-refractivity contribution is 5.81. The summed E-state index contributed by atoms with van der Waals surface area (Å²) in [5.41, 5.74) is 3.80. The number of hydrogen-bond acceptors (Lipinski definition) is 2. The highest BCUT2D eigenvalue weighted by atomic mass is 16.1. The average Bonchev–Trinajstić information content (AvgIpc) is 2.80. The van der Waals surface area contributed by atoms with Gasteiger partial charge in [-0.2, -0.15) is 0 Å². The molecule has 3 heterocycles. The Morgan fingerprint density at radius 3 is 2.95 bits per heavy atom. The van der Waals surface area contributed by atoms with E-state index < -0.39 is 0 Å². The molecular formula is C15H15N3O. The molecule has 3 aromatic rings. The fraction of sp³-hybridized carbons (Fsp3) is 0.200. The van der Waals surface area contributed by atoms with Gasteiger partial charge in [0.2, 0.25) is 5.56 Å². The summed E-state index contributed by atoms with van der Waals surface area (Å²) >= 11 is 0. The number of nitrogens with one attached hydrogen (secondary N) is 1. The maximum atomic E-state index is 11.5. The van der Waals surface area contributed by atoms with E-state index in [1.807, 2.05) is 36.1 Å². The molecule has 0 aliphatic carbocycles. The van der Waals surface area contributed by atoms with E-state index in [0.717, 1.165) is 34.3 Å². The summed E-state index contributed by atoms with van der Waals surface area (Å²) in [5.74, 6) is 0. The smallest absolute Gasteiger partial charge is 0.248 e. The second-order valence-electron chi connectivity index (χ2n) is 4.64. The second-order valence-corrected chi connectivity index (χ2v) is 4.64. The van der Waals surface area contributed by atoms with Crippen molar-refractivity contribution in [2.24, 2.45) is 7.05 Å². The summed E-state index contributed by atoms with van der Waals surface area (Å²) in [7, 11) is 1.97. The van der Waals surface area contributed by atoms with Gasteiger partial charge in [0.25, 0.3) is 0 Å². The number of rotatable bonds is 2. The van der Waals surface area contributed by atoms with E-state index in [1.54, 1.807) is 6.07 Å². The van der Waals surface area contributed by atoms with Crippen molar-refractivity contribution < 1.29 is 0 Å². The molecule has 0 aliphatic heterocycles. The second kappa shape index (κ2) is 4.39. The fourth-order valence-electron chi connectivity index (χ4n) is 2.35. The number of pyridine rings is 2. The van der Waals surface area contributed by atoms with Gasteiger partial charge in [0.05, 0.1) is 5.69 Å². The molecule has 0 spiro atoms. The Morgan fingerprint density at radius 2 is 2.16 bits per heavy atom. The topological polar surface area (TPSA) is 50.7 Å². The van der Waals surface area contributed by atoms with Gasteiger partial charge in [0, 0.05) is 36.5 Å². The van der Waals surface area contributed by atoms with E-state index in [0.29, 0.717) is 0 Å². The SMILES string of the molecule is CCc1ccc(=O)[nH]c1-c1cnc2c(ccn2C)c1. The number of aromatic amines is 1. The van der Waals surface area contributed by atoms with Crippen molar-refractivity contribution in [3.63, 3.8) is 0 Å². The van der Waals surface area contributed by atoms with Crippen LogP contribution in [0.3, 0.4) is 0 Å². The predicted octanol–water partition coefficient (Wildman–Crippen LogP) is 2.49. The van der Waals surface area contributed by atoms with Gasteiger partial charge < -0.3 is 9.55 Å². The molecule has 0 atom stereocenters. The highest BCUT2D eigenvalue weighted by Crippen LogP contribution is 2.23. The zero-order chi connectivity index (χ0) is 13.4. The summed E-state index contributed by atoms with van der Waals surface area (Å²) in [6.07, 6.45) is 4.67. The molecule has 1 N–H and O–H groups in total. The molecule has 4 nitrogen and oxygen atoms in total. The molecule has 3 rings (SSSR count). The minimum absolute atomic E-state index is 0.0830. The van der Waals surface area contributed by atoms with Crippen molar-refractivity contribution in [3.8, 4) is 11.3 Å². The Morgan fingerprint density at radius 1 is 1.32 bits per heavy atom. The lowest BCUT2D eigenvalue weighted by molar-refractivity contribution is 0.948. The van der Waals surface area contributed by atoms with Crippen LogP contribution in [0.2, 0.25) is 0 Å². The Hall–Kier alpha value is -2.36. The number of nitrogens with zero attached hydrogens (tertiary/aromatic N) is 2. The van der Waals surface area contributed by atoms with E-state index in [-0.39, 0.29) is 5.56 Å². The lowest BCUT2D eigenvalue weighted by atomic mass is 10.1. The molecule has 3 aromatic heterocycles. The van der Waals surface area contributed by atoms with Crippen LogP contribution in [0.25, 0.3) is 22.3 Å². The van der Waals surface area contributed by atoms with E-state index >= 15 is 0 Å². The molecule has 0 radical (unpaired) electrons. The van der Waals surface area contributed by atoms with Crippen LogP contribution in [-0.2, 0) is 13.5 Å². The molecule has 0 fully saturated rings. The molecule has 0 saturated heterocycles. The Balaban J connectivity index is 2.23. The van der Waals surface area contributed by atoms with Crippen molar-refractivity contribution in [2.45, 2.75) is 13.3 Å². The number of fused-ring (bicyclic) bond motifs is 1. The zero-order valence-corrected chi connectivity index (χ0v) is 11.0. The van der Waals surface area contributed by atoms with Crippen molar-refractivity contribution in [1.29, 1.82) is 0 Å². The summed E-state index contributed by atoms with van der Waals surface area (Å²) in [6.45, 7) is 2.08. The molecule has 96 valence electrons. The van der Waals surface area contributed by atoms with Crippen LogP contribution in [0.1, 0.15) is 12.5 Å². The molecular weight excluding hydrogens is 238 g/mol. The minimum Gasteiger partial charge on any atom is -0.336 e. The van der Waals surface area contributed by atoms with Crippen LogP contribution in [-0.4, -0.2) is 14.5 Å². The first kappa shape index (κ1) is 11.7. The maximum Gasteiger partial charge on any atom is 0.248 e. The van der Waals surface area contributed by atoms with Gasteiger partial charge in [-0.05, 0) is 24.1 Å². The normalized spacial score (nSPS) is 11.1. The highest BCUT2D eigenvalue weighted by Gasteiger charge is 2.07. The predicted molar refractivity (Wildman–Crippen MR) is 76.1 cm³/mol. The molecule has 0 unspecified atom stereocenters. The van der Waals surface area contributed by atoms with Crippen molar-refractivity contribution >= 4 is 11.0 Å². The van der Waals surface area contributed by atoms with Gasteiger partial charge in [0.1, 0.15) is 5.65 Å². The Kier molecular flexibility index (Phi) is 2.71. The van der Waals surface area contributed by atoms with Crippen LogP contribution >= 0.6 is 0 Å². The van der Waals surface area contributed by atoms with Crippen LogP contribution in [0.5, 0.6) is 0 Å². The molecule has 19 heavy (non-hydrogen) atoms. The monoisotopic (exact) mass is 253 g/mol. The number of hydrogen-bond donors (Lipinski definition) is 1. The zero-order valence-electron chi connectivity index (χ0n) is 11.0. The van der Waals surface area contributed by atoms with E-state index in [2.05, 4.69) is 23.0 Å². The Bertz CT molecular complexity index is 799. The number of aromatic nitrogens is 3. The van der Waals surface area contributed by atoms with Gasteiger partial charge in [-0.1, -0.05) is 13.0 Å². The first-order valence-corrected chi connectivity index (χ1v) is 6.32. The van der Waals surface area contributed by atoms with Crippen LogP contribution in [0.15, 0.2) is 41.5 Å². The molecule has 0 amide bonds. The quantitative estimate of drug-likeness (QED) is 0.762. The third kappa shape index (κ3) is 1.95. The molecule has 0 saturated carbocycles. The van der Waals surface area contributed by atoms with Crippen molar-refractivity contribution in [2.75, 3.05) is 0 Å². The van der Waals surface area contributed by atoms with Crippen LogP contribution in [0.4, 0.5) is 0 Å². The first-order valence-electron chi connectivity index (χ1n) is 6.32.